The Morgan fingerprint density at radius 2 is 2.05 bits per heavy atom. The summed E-state index contributed by atoms with van der Waals surface area (Å²) in [4.78, 5) is 0. The molecule has 0 amide bonds. The van der Waals surface area contributed by atoms with Crippen LogP contribution in [-0.2, 0) is 6.42 Å². The van der Waals surface area contributed by atoms with Crippen molar-refractivity contribution in [2.75, 3.05) is 14.2 Å². The molecule has 0 aliphatic heterocycles. The zero-order valence-electron chi connectivity index (χ0n) is 11.8. The fraction of sp³-hybridized carbons (Fsp3) is 0.250. The summed E-state index contributed by atoms with van der Waals surface area (Å²) < 4.78 is 19.9. The molecule has 2 nitrogen and oxygen atoms in total. The van der Waals surface area contributed by atoms with Gasteiger partial charge in [-0.1, -0.05) is 39.7 Å². The van der Waals surface area contributed by atoms with Crippen molar-refractivity contribution in [2.24, 2.45) is 0 Å². The second kappa shape index (κ2) is 7.25. The van der Waals surface area contributed by atoms with E-state index < -0.39 is 5.82 Å². The Bertz CT molecular complexity index is 636. The SMILES string of the molecule is CNC(Cc1ccc(Cl)c(F)c1)c1ccc(Br)cc1OC. The average Bonchev–Trinajstić information content (AvgIpc) is 2.48. The molecule has 0 spiro atoms. The lowest BCUT2D eigenvalue weighted by Gasteiger charge is -2.20. The summed E-state index contributed by atoms with van der Waals surface area (Å²) in [7, 11) is 3.51. The Morgan fingerprint density at radius 1 is 1.29 bits per heavy atom. The summed E-state index contributed by atoms with van der Waals surface area (Å²) in [5.41, 5.74) is 1.90. The van der Waals surface area contributed by atoms with Crippen molar-refractivity contribution < 1.29 is 9.13 Å². The van der Waals surface area contributed by atoms with Gasteiger partial charge in [-0.15, -0.1) is 0 Å². The minimum absolute atomic E-state index is 0.0219. The molecule has 2 rings (SSSR count). The fourth-order valence-corrected chi connectivity index (χ4v) is 2.70. The number of likely N-dealkylation sites (N-methyl/N-ethyl adjacent to an activating group) is 1. The maximum atomic E-state index is 13.6. The van der Waals surface area contributed by atoms with Crippen molar-refractivity contribution in [3.63, 3.8) is 0 Å². The molecule has 0 aromatic heterocycles. The molecular formula is C16H16BrClFNO. The van der Waals surface area contributed by atoms with E-state index in [9.17, 15) is 4.39 Å². The molecule has 2 aromatic rings. The minimum Gasteiger partial charge on any atom is -0.496 e. The van der Waals surface area contributed by atoms with Crippen LogP contribution in [0.2, 0.25) is 5.02 Å². The monoisotopic (exact) mass is 371 g/mol. The smallest absolute Gasteiger partial charge is 0.142 e. The lowest BCUT2D eigenvalue weighted by molar-refractivity contribution is 0.401. The molecule has 0 saturated heterocycles. The van der Waals surface area contributed by atoms with Crippen LogP contribution in [0.15, 0.2) is 40.9 Å². The third-order valence-corrected chi connectivity index (χ3v) is 4.14. The van der Waals surface area contributed by atoms with Crippen molar-refractivity contribution in [3.05, 3.63) is 62.8 Å². The predicted molar refractivity (Wildman–Crippen MR) is 87.6 cm³/mol. The third-order valence-electron chi connectivity index (χ3n) is 3.34. The molecule has 1 atom stereocenters. The fourth-order valence-electron chi connectivity index (χ4n) is 2.24. The largest absolute Gasteiger partial charge is 0.496 e. The van der Waals surface area contributed by atoms with Gasteiger partial charge in [0.05, 0.1) is 12.1 Å². The summed E-state index contributed by atoms with van der Waals surface area (Å²) in [6.07, 6.45) is 0.641. The molecule has 0 saturated carbocycles. The molecule has 0 fully saturated rings. The van der Waals surface area contributed by atoms with Crippen molar-refractivity contribution >= 4 is 27.5 Å². The lowest BCUT2D eigenvalue weighted by Crippen LogP contribution is -2.19. The molecule has 0 aliphatic carbocycles. The van der Waals surface area contributed by atoms with Crippen LogP contribution in [0.5, 0.6) is 5.75 Å². The molecule has 2 aromatic carbocycles. The molecule has 112 valence electrons. The second-order valence-electron chi connectivity index (χ2n) is 4.68. The molecule has 0 radical (unpaired) electrons. The van der Waals surface area contributed by atoms with Crippen LogP contribution in [0.3, 0.4) is 0 Å². The number of methoxy groups -OCH3 is 1. The van der Waals surface area contributed by atoms with Crippen LogP contribution >= 0.6 is 27.5 Å². The van der Waals surface area contributed by atoms with Gasteiger partial charge in [0.25, 0.3) is 0 Å². The van der Waals surface area contributed by atoms with E-state index in [1.165, 1.54) is 6.07 Å². The first-order valence-electron chi connectivity index (χ1n) is 6.49. The van der Waals surface area contributed by atoms with Crippen LogP contribution in [0, 0.1) is 5.82 Å². The number of halogens is 3. The standard InChI is InChI=1S/C16H16BrClFNO/c1-20-15(8-10-3-6-13(18)14(19)7-10)12-5-4-11(17)9-16(12)21-2/h3-7,9,15,20H,8H2,1-2H3. The summed E-state index contributed by atoms with van der Waals surface area (Å²) in [5, 5.41) is 3.38. The molecule has 0 bridgehead atoms. The van der Waals surface area contributed by atoms with Crippen molar-refractivity contribution in [1.29, 1.82) is 0 Å². The highest BCUT2D eigenvalue weighted by atomic mass is 79.9. The number of hydrogen-bond acceptors (Lipinski definition) is 2. The number of benzene rings is 2. The van der Waals surface area contributed by atoms with Crippen LogP contribution in [0.1, 0.15) is 17.2 Å². The Morgan fingerprint density at radius 3 is 2.67 bits per heavy atom. The van der Waals surface area contributed by atoms with Gasteiger partial charge in [-0.3, -0.25) is 0 Å². The highest BCUT2D eigenvalue weighted by molar-refractivity contribution is 9.10. The van der Waals surface area contributed by atoms with Gasteiger partial charge in [-0.05, 0) is 43.3 Å². The summed E-state index contributed by atoms with van der Waals surface area (Å²) in [5.74, 6) is 0.393. The van der Waals surface area contributed by atoms with Crippen LogP contribution in [-0.4, -0.2) is 14.2 Å². The van der Waals surface area contributed by atoms with E-state index in [0.717, 1.165) is 21.3 Å². The molecule has 1 N–H and O–H groups in total. The summed E-state index contributed by atoms with van der Waals surface area (Å²) >= 11 is 9.15. The maximum absolute atomic E-state index is 13.6. The molecule has 21 heavy (non-hydrogen) atoms. The van der Waals surface area contributed by atoms with E-state index in [0.29, 0.717) is 6.42 Å². The number of rotatable bonds is 5. The molecule has 0 heterocycles. The van der Waals surface area contributed by atoms with E-state index >= 15 is 0 Å². The lowest BCUT2D eigenvalue weighted by atomic mass is 9.98. The summed E-state index contributed by atoms with van der Waals surface area (Å²) in [6, 6.07) is 10.8. The first-order chi connectivity index (χ1) is 10.0. The molecular weight excluding hydrogens is 357 g/mol. The maximum Gasteiger partial charge on any atom is 0.142 e. The third kappa shape index (κ3) is 3.96. The van der Waals surface area contributed by atoms with E-state index in [1.807, 2.05) is 31.3 Å². The van der Waals surface area contributed by atoms with E-state index in [2.05, 4.69) is 21.2 Å². The average molecular weight is 373 g/mol. The van der Waals surface area contributed by atoms with Gasteiger partial charge in [0, 0.05) is 16.1 Å². The van der Waals surface area contributed by atoms with Gasteiger partial charge in [-0.25, -0.2) is 4.39 Å². The van der Waals surface area contributed by atoms with Gasteiger partial charge in [-0.2, -0.15) is 0 Å². The van der Waals surface area contributed by atoms with Crippen LogP contribution in [0.25, 0.3) is 0 Å². The van der Waals surface area contributed by atoms with Gasteiger partial charge < -0.3 is 10.1 Å². The topological polar surface area (TPSA) is 21.3 Å². The molecule has 5 heteroatoms. The van der Waals surface area contributed by atoms with E-state index in [1.54, 1.807) is 13.2 Å². The van der Waals surface area contributed by atoms with Crippen molar-refractivity contribution in [1.82, 2.24) is 5.32 Å². The van der Waals surface area contributed by atoms with Gasteiger partial charge in [0.2, 0.25) is 0 Å². The predicted octanol–water partition coefficient (Wildman–Crippen LogP) is 4.75. The highest BCUT2D eigenvalue weighted by Gasteiger charge is 2.16. The summed E-state index contributed by atoms with van der Waals surface area (Å²) in [6.45, 7) is 0. The first-order valence-corrected chi connectivity index (χ1v) is 7.67. The zero-order valence-corrected chi connectivity index (χ0v) is 14.1. The van der Waals surface area contributed by atoms with Crippen molar-refractivity contribution in [2.45, 2.75) is 12.5 Å². The highest BCUT2D eigenvalue weighted by Crippen LogP contribution is 2.30. The number of ether oxygens (including phenoxy) is 1. The molecule has 1 unspecified atom stereocenters. The zero-order chi connectivity index (χ0) is 15.4. The van der Waals surface area contributed by atoms with E-state index in [-0.39, 0.29) is 11.1 Å². The minimum atomic E-state index is -0.396. The number of nitrogens with one attached hydrogen (secondary N) is 1. The number of hydrogen-bond donors (Lipinski definition) is 1. The Hall–Kier alpha value is -1.10. The Balaban J connectivity index is 2.29. The quantitative estimate of drug-likeness (QED) is 0.817. The second-order valence-corrected chi connectivity index (χ2v) is 6.00. The van der Waals surface area contributed by atoms with Crippen molar-refractivity contribution in [3.8, 4) is 5.75 Å². The Kier molecular flexibility index (Phi) is 5.62. The van der Waals surface area contributed by atoms with Gasteiger partial charge in [0.1, 0.15) is 11.6 Å². The van der Waals surface area contributed by atoms with Gasteiger partial charge in [0.15, 0.2) is 0 Å². The van der Waals surface area contributed by atoms with E-state index in [4.69, 9.17) is 16.3 Å². The van der Waals surface area contributed by atoms with Crippen LogP contribution < -0.4 is 10.1 Å². The van der Waals surface area contributed by atoms with Gasteiger partial charge >= 0.3 is 0 Å². The van der Waals surface area contributed by atoms with Crippen LogP contribution in [0.4, 0.5) is 4.39 Å². The first kappa shape index (κ1) is 16.3. The molecule has 0 aliphatic rings. The normalized spacial score (nSPS) is 12.2. The Labute approximate surface area is 137 Å².